The highest BCUT2D eigenvalue weighted by Crippen LogP contribution is 2.37. The average molecular weight is 277 g/mol. The summed E-state index contributed by atoms with van der Waals surface area (Å²) in [6.07, 6.45) is 5.14. The van der Waals surface area contributed by atoms with Crippen molar-refractivity contribution < 1.29 is 14.6 Å². The number of hydrogen-bond donors (Lipinski definition) is 2. The fraction of sp³-hybridized carbons (Fsp3) is 0.562. The third-order valence-corrected chi connectivity index (χ3v) is 4.20. The van der Waals surface area contributed by atoms with Gasteiger partial charge in [0.2, 0.25) is 0 Å². The van der Waals surface area contributed by atoms with Crippen molar-refractivity contribution in [1.29, 1.82) is 0 Å². The summed E-state index contributed by atoms with van der Waals surface area (Å²) in [4.78, 5) is 10.7. The Balaban J connectivity index is 2.37. The Hall–Kier alpha value is -1.55. The van der Waals surface area contributed by atoms with Gasteiger partial charge in [-0.2, -0.15) is 0 Å². The smallest absolute Gasteiger partial charge is 0.303 e. The van der Waals surface area contributed by atoms with E-state index in [1.165, 1.54) is 29.5 Å². The average Bonchev–Trinajstić information content (AvgIpc) is 2.44. The summed E-state index contributed by atoms with van der Waals surface area (Å²) < 4.78 is 5.49. The number of carbonyl (C=O) groups is 1. The number of carboxylic acids is 1. The number of fused-ring (bicyclic) bond motifs is 1. The molecule has 1 aromatic rings. The molecule has 0 heterocycles. The van der Waals surface area contributed by atoms with Crippen molar-refractivity contribution in [3.8, 4) is 5.75 Å². The minimum atomic E-state index is -0.810. The molecule has 20 heavy (non-hydrogen) atoms. The minimum Gasteiger partial charge on any atom is -0.496 e. The molecular formula is C16H23NO3. The van der Waals surface area contributed by atoms with E-state index in [9.17, 15) is 4.79 Å². The van der Waals surface area contributed by atoms with Crippen LogP contribution >= 0.6 is 0 Å². The standard InChI is InChI=1S/C16H23NO3/c1-10-12-6-4-3-5-11(12)9-14(20-2)16(10)13(17)7-8-15(18)19/h9,13H,3-8,17H2,1-2H3,(H,18,19). The molecule has 0 bridgehead atoms. The van der Waals surface area contributed by atoms with Crippen LogP contribution in [-0.4, -0.2) is 18.2 Å². The van der Waals surface area contributed by atoms with Gasteiger partial charge in [-0.3, -0.25) is 4.79 Å². The van der Waals surface area contributed by atoms with E-state index in [4.69, 9.17) is 15.6 Å². The lowest BCUT2D eigenvalue weighted by molar-refractivity contribution is -0.137. The summed E-state index contributed by atoms with van der Waals surface area (Å²) in [5.41, 5.74) is 11.1. The van der Waals surface area contributed by atoms with Crippen molar-refractivity contribution in [2.24, 2.45) is 5.73 Å². The molecule has 0 amide bonds. The molecule has 1 atom stereocenters. The van der Waals surface area contributed by atoms with Gasteiger partial charge in [0.25, 0.3) is 0 Å². The van der Waals surface area contributed by atoms with Crippen LogP contribution in [-0.2, 0) is 17.6 Å². The third-order valence-electron chi connectivity index (χ3n) is 4.20. The highest BCUT2D eigenvalue weighted by molar-refractivity contribution is 5.66. The van der Waals surface area contributed by atoms with E-state index >= 15 is 0 Å². The summed E-state index contributed by atoms with van der Waals surface area (Å²) in [6.45, 7) is 2.09. The summed E-state index contributed by atoms with van der Waals surface area (Å²) in [6, 6.07) is 1.81. The number of benzene rings is 1. The molecule has 0 aromatic heterocycles. The summed E-state index contributed by atoms with van der Waals surface area (Å²) in [5.74, 6) is -0.00364. The van der Waals surface area contributed by atoms with E-state index in [0.29, 0.717) is 6.42 Å². The van der Waals surface area contributed by atoms with Gasteiger partial charge in [0, 0.05) is 18.0 Å². The summed E-state index contributed by atoms with van der Waals surface area (Å²) >= 11 is 0. The number of ether oxygens (including phenoxy) is 1. The molecule has 0 spiro atoms. The molecule has 1 aliphatic carbocycles. The van der Waals surface area contributed by atoms with Gasteiger partial charge in [-0.05, 0) is 61.8 Å². The van der Waals surface area contributed by atoms with Crippen LogP contribution in [0.5, 0.6) is 5.75 Å². The molecule has 0 saturated heterocycles. The van der Waals surface area contributed by atoms with E-state index < -0.39 is 5.97 Å². The quantitative estimate of drug-likeness (QED) is 0.868. The Morgan fingerprint density at radius 1 is 1.45 bits per heavy atom. The topological polar surface area (TPSA) is 72.5 Å². The van der Waals surface area contributed by atoms with Crippen molar-refractivity contribution in [1.82, 2.24) is 0 Å². The second-order valence-corrected chi connectivity index (χ2v) is 5.50. The SMILES string of the molecule is COc1cc2c(c(C)c1C(N)CCC(=O)O)CCCC2. The van der Waals surface area contributed by atoms with Crippen LogP contribution in [0.4, 0.5) is 0 Å². The Morgan fingerprint density at radius 3 is 2.80 bits per heavy atom. The summed E-state index contributed by atoms with van der Waals surface area (Å²) in [7, 11) is 1.65. The molecule has 110 valence electrons. The number of rotatable bonds is 5. The lowest BCUT2D eigenvalue weighted by Gasteiger charge is -2.25. The zero-order chi connectivity index (χ0) is 14.7. The second kappa shape index (κ2) is 6.27. The van der Waals surface area contributed by atoms with Crippen LogP contribution in [0.15, 0.2) is 6.07 Å². The predicted octanol–water partition coefficient (Wildman–Crippen LogP) is 2.75. The first-order chi connectivity index (χ1) is 9.54. The molecule has 0 saturated carbocycles. The van der Waals surface area contributed by atoms with Crippen LogP contribution in [0.2, 0.25) is 0 Å². The van der Waals surface area contributed by atoms with Gasteiger partial charge in [0.05, 0.1) is 7.11 Å². The van der Waals surface area contributed by atoms with Gasteiger partial charge in [-0.1, -0.05) is 0 Å². The van der Waals surface area contributed by atoms with E-state index in [1.807, 2.05) is 0 Å². The number of hydrogen-bond acceptors (Lipinski definition) is 3. The minimum absolute atomic E-state index is 0.0842. The zero-order valence-corrected chi connectivity index (χ0v) is 12.2. The largest absolute Gasteiger partial charge is 0.496 e. The molecule has 2 rings (SSSR count). The van der Waals surface area contributed by atoms with Gasteiger partial charge in [0.15, 0.2) is 0 Å². The fourth-order valence-corrected chi connectivity index (χ4v) is 3.15. The van der Waals surface area contributed by atoms with Gasteiger partial charge < -0.3 is 15.6 Å². The molecule has 0 fully saturated rings. The Labute approximate surface area is 119 Å². The second-order valence-electron chi connectivity index (χ2n) is 5.50. The van der Waals surface area contributed by atoms with Crippen LogP contribution in [0.1, 0.15) is 54.0 Å². The molecule has 0 radical (unpaired) electrons. The van der Waals surface area contributed by atoms with Crippen molar-refractivity contribution in [2.45, 2.75) is 51.5 Å². The molecule has 4 nitrogen and oxygen atoms in total. The van der Waals surface area contributed by atoms with E-state index in [0.717, 1.165) is 24.2 Å². The zero-order valence-electron chi connectivity index (χ0n) is 12.2. The monoisotopic (exact) mass is 277 g/mol. The third kappa shape index (κ3) is 2.96. The molecule has 1 aliphatic rings. The van der Waals surface area contributed by atoms with Gasteiger partial charge >= 0.3 is 5.97 Å². The highest BCUT2D eigenvalue weighted by Gasteiger charge is 2.22. The van der Waals surface area contributed by atoms with Crippen LogP contribution in [0.3, 0.4) is 0 Å². The molecule has 1 aromatic carbocycles. The number of aryl methyl sites for hydroxylation is 1. The Morgan fingerprint density at radius 2 is 2.15 bits per heavy atom. The van der Waals surface area contributed by atoms with Crippen LogP contribution in [0.25, 0.3) is 0 Å². The van der Waals surface area contributed by atoms with Crippen molar-refractivity contribution in [2.75, 3.05) is 7.11 Å². The Kier molecular flexibility index (Phi) is 4.65. The van der Waals surface area contributed by atoms with E-state index in [1.54, 1.807) is 7.11 Å². The normalized spacial score (nSPS) is 15.6. The molecular weight excluding hydrogens is 254 g/mol. The first kappa shape index (κ1) is 14.9. The Bertz CT molecular complexity index is 511. The first-order valence-corrected chi connectivity index (χ1v) is 7.21. The lowest BCUT2D eigenvalue weighted by Crippen LogP contribution is -2.17. The van der Waals surface area contributed by atoms with E-state index in [2.05, 4.69) is 13.0 Å². The number of methoxy groups -OCH3 is 1. The van der Waals surface area contributed by atoms with Crippen molar-refractivity contribution in [3.05, 3.63) is 28.3 Å². The fourth-order valence-electron chi connectivity index (χ4n) is 3.15. The van der Waals surface area contributed by atoms with Gasteiger partial charge in [0.1, 0.15) is 5.75 Å². The van der Waals surface area contributed by atoms with E-state index in [-0.39, 0.29) is 12.5 Å². The lowest BCUT2D eigenvalue weighted by atomic mass is 9.83. The predicted molar refractivity (Wildman–Crippen MR) is 78.2 cm³/mol. The molecule has 3 N–H and O–H groups in total. The first-order valence-electron chi connectivity index (χ1n) is 7.21. The van der Waals surface area contributed by atoms with Crippen LogP contribution < -0.4 is 10.5 Å². The van der Waals surface area contributed by atoms with Gasteiger partial charge in [-0.25, -0.2) is 0 Å². The molecule has 4 heteroatoms. The molecule has 1 unspecified atom stereocenters. The summed E-state index contributed by atoms with van der Waals surface area (Å²) in [5, 5.41) is 8.81. The number of carboxylic acid groups (broad SMARTS) is 1. The van der Waals surface area contributed by atoms with Crippen molar-refractivity contribution in [3.63, 3.8) is 0 Å². The number of nitrogens with two attached hydrogens (primary N) is 1. The van der Waals surface area contributed by atoms with Crippen LogP contribution in [0, 0.1) is 6.92 Å². The van der Waals surface area contributed by atoms with Gasteiger partial charge in [-0.15, -0.1) is 0 Å². The maximum absolute atomic E-state index is 10.7. The maximum Gasteiger partial charge on any atom is 0.303 e. The number of aliphatic carboxylic acids is 1. The molecule has 0 aliphatic heterocycles. The van der Waals surface area contributed by atoms with Crippen molar-refractivity contribution >= 4 is 5.97 Å². The maximum atomic E-state index is 10.7. The highest BCUT2D eigenvalue weighted by atomic mass is 16.5.